The molecular formula is C12H20O5. The average molecular weight is 244 g/mol. The smallest absolute Gasteiger partial charge is 0.320 e. The number of esters is 2. The van der Waals surface area contributed by atoms with Crippen molar-refractivity contribution in [3.8, 4) is 0 Å². The van der Waals surface area contributed by atoms with E-state index in [0.29, 0.717) is 19.3 Å². The molecule has 1 atom stereocenters. The van der Waals surface area contributed by atoms with Crippen molar-refractivity contribution in [1.82, 2.24) is 0 Å². The van der Waals surface area contributed by atoms with Crippen molar-refractivity contribution < 1.29 is 24.2 Å². The summed E-state index contributed by atoms with van der Waals surface area (Å²) in [5.74, 6) is -3.30. The Labute approximate surface area is 101 Å². The Morgan fingerprint density at radius 1 is 1.18 bits per heavy atom. The Balaban J connectivity index is 5.33. The molecule has 0 aromatic rings. The van der Waals surface area contributed by atoms with Crippen molar-refractivity contribution in [2.24, 2.45) is 11.3 Å². The van der Waals surface area contributed by atoms with Crippen molar-refractivity contribution in [2.75, 3.05) is 0 Å². The molecule has 0 saturated heterocycles. The predicted octanol–water partition coefficient (Wildman–Crippen LogP) is 1.99. The second-order valence-electron chi connectivity index (χ2n) is 4.04. The van der Waals surface area contributed by atoms with Gasteiger partial charge < -0.3 is 9.84 Å². The number of hydrogen-bond acceptors (Lipinski definition) is 4. The largest absolute Gasteiger partial charge is 0.481 e. The molecule has 1 unspecified atom stereocenters. The lowest BCUT2D eigenvalue weighted by Crippen LogP contribution is -2.43. The molecule has 98 valence electrons. The van der Waals surface area contributed by atoms with Gasteiger partial charge in [-0.3, -0.25) is 14.4 Å². The van der Waals surface area contributed by atoms with Crippen LogP contribution in [0.25, 0.3) is 0 Å². The van der Waals surface area contributed by atoms with Gasteiger partial charge in [0.05, 0.1) is 11.3 Å². The molecule has 5 nitrogen and oxygen atoms in total. The zero-order valence-electron chi connectivity index (χ0n) is 10.8. The van der Waals surface area contributed by atoms with E-state index in [4.69, 9.17) is 5.11 Å². The fourth-order valence-corrected chi connectivity index (χ4v) is 2.21. The molecule has 0 amide bonds. The molecule has 5 heteroatoms. The summed E-state index contributed by atoms with van der Waals surface area (Å²) in [7, 11) is 0. The number of carbonyl (C=O) groups excluding carboxylic acids is 2. The Kier molecular flexibility index (Phi) is 5.85. The molecule has 1 N–H and O–H groups in total. The topological polar surface area (TPSA) is 80.7 Å². The van der Waals surface area contributed by atoms with E-state index in [1.807, 2.05) is 0 Å². The summed E-state index contributed by atoms with van der Waals surface area (Å²) in [5.41, 5.74) is -1.12. The van der Waals surface area contributed by atoms with Crippen LogP contribution in [0.5, 0.6) is 0 Å². The predicted molar refractivity (Wildman–Crippen MR) is 61.2 cm³/mol. The van der Waals surface area contributed by atoms with Gasteiger partial charge in [0.25, 0.3) is 0 Å². The fourth-order valence-electron chi connectivity index (χ4n) is 2.21. The molecule has 0 fully saturated rings. The fraction of sp³-hybridized carbons (Fsp3) is 0.750. The lowest BCUT2D eigenvalue weighted by Gasteiger charge is -2.33. The molecule has 0 aromatic heterocycles. The summed E-state index contributed by atoms with van der Waals surface area (Å²) in [5, 5.41) is 9.16. The van der Waals surface area contributed by atoms with Crippen molar-refractivity contribution in [2.45, 2.75) is 47.0 Å². The van der Waals surface area contributed by atoms with Crippen LogP contribution in [0, 0.1) is 11.3 Å². The van der Waals surface area contributed by atoms with Gasteiger partial charge in [-0.25, -0.2) is 0 Å². The Hall–Kier alpha value is -1.39. The zero-order valence-corrected chi connectivity index (χ0v) is 10.8. The molecular weight excluding hydrogens is 224 g/mol. The van der Waals surface area contributed by atoms with E-state index >= 15 is 0 Å². The van der Waals surface area contributed by atoms with E-state index in [-0.39, 0.29) is 0 Å². The van der Waals surface area contributed by atoms with Crippen molar-refractivity contribution in [3.05, 3.63) is 0 Å². The van der Waals surface area contributed by atoms with Gasteiger partial charge in [-0.1, -0.05) is 20.8 Å². The summed E-state index contributed by atoms with van der Waals surface area (Å²) < 4.78 is 4.59. The molecule has 0 aliphatic rings. The quantitative estimate of drug-likeness (QED) is 0.571. The van der Waals surface area contributed by atoms with E-state index in [1.54, 1.807) is 20.8 Å². The highest BCUT2D eigenvalue weighted by atomic mass is 16.6. The third-order valence-corrected chi connectivity index (χ3v) is 3.28. The van der Waals surface area contributed by atoms with Gasteiger partial charge in [0.1, 0.15) is 0 Å². The highest BCUT2D eigenvalue weighted by Gasteiger charge is 2.47. The van der Waals surface area contributed by atoms with Crippen LogP contribution in [-0.2, 0) is 19.1 Å². The number of ether oxygens (including phenoxy) is 1. The Morgan fingerprint density at radius 3 is 1.88 bits per heavy atom. The van der Waals surface area contributed by atoms with Crippen LogP contribution >= 0.6 is 0 Å². The van der Waals surface area contributed by atoms with E-state index in [2.05, 4.69) is 4.74 Å². The maximum atomic E-state index is 11.9. The number of aliphatic carboxylic acids is 1. The second-order valence-corrected chi connectivity index (χ2v) is 4.04. The average Bonchev–Trinajstić information content (AvgIpc) is 2.24. The minimum absolute atomic E-state index is 0.323. The monoisotopic (exact) mass is 244 g/mol. The van der Waals surface area contributed by atoms with Gasteiger partial charge in [0.15, 0.2) is 0 Å². The number of carbonyl (C=O) groups is 3. The van der Waals surface area contributed by atoms with Gasteiger partial charge in [-0.05, 0) is 19.3 Å². The summed E-state index contributed by atoms with van der Waals surface area (Å²) in [6, 6.07) is 0. The second kappa shape index (κ2) is 6.37. The SMILES string of the molecule is CCC(C(=O)O)C(CC)(CC)C(=O)OC(C)=O. The normalized spacial score (nSPS) is 12.9. The van der Waals surface area contributed by atoms with Crippen LogP contribution in [0.15, 0.2) is 0 Å². The van der Waals surface area contributed by atoms with Crippen LogP contribution in [0.4, 0.5) is 0 Å². The van der Waals surface area contributed by atoms with E-state index in [0.717, 1.165) is 6.92 Å². The minimum atomic E-state index is -1.12. The number of rotatable bonds is 6. The lowest BCUT2D eigenvalue weighted by molar-refractivity contribution is -0.174. The van der Waals surface area contributed by atoms with Gasteiger partial charge in [0.2, 0.25) is 0 Å². The maximum Gasteiger partial charge on any atom is 0.320 e. The standard InChI is InChI=1S/C12H20O5/c1-5-9(10(14)15)12(6-2,7-3)11(16)17-8(4)13/h9H,5-7H2,1-4H3,(H,14,15). The van der Waals surface area contributed by atoms with Crippen LogP contribution < -0.4 is 0 Å². The molecule has 0 heterocycles. The Morgan fingerprint density at radius 2 is 1.65 bits per heavy atom. The highest BCUT2D eigenvalue weighted by molar-refractivity contribution is 5.91. The van der Waals surface area contributed by atoms with E-state index in [9.17, 15) is 14.4 Å². The first-order valence-electron chi connectivity index (χ1n) is 5.81. The van der Waals surface area contributed by atoms with E-state index in [1.165, 1.54) is 0 Å². The lowest BCUT2D eigenvalue weighted by atomic mass is 9.70. The highest BCUT2D eigenvalue weighted by Crippen LogP contribution is 2.39. The van der Waals surface area contributed by atoms with Crippen LogP contribution in [0.3, 0.4) is 0 Å². The van der Waals surface area contributed by atoms with E-state index < -0.39 is 29.2 Å². The number of carboxylic acid groups (broad SMARTS) is 1. The van der Waals surface area contributed by atoms with Gasteiger partial charge in [-0.15, -0.1) is 0 Å². The molecule has 0 aliphatic carbocycles. The van der Waals surface area contributed by atoms with Crippen molar-refractivity contribution >= 4 is 17.9 Å². The molecule has 0 rings (SSSR count). The molecule has 0 radical (unpaired) electrons. The third kappa shape index (κ3) is 3.28. The first-order valence-corrected chi connectivity index (χ1v) is 5.81. The molecule has 0 aromatic carbocycles. The maximum absolute atomic E-state index is 11.9. The molecule has 0 saturated carbocycles. The van der Waals surface area contributed by atoms with Crippen LogP contribution in [0.2, 0.25) is 0 Å². The van der Waals surface area contributed by atoms with Crippen molar-refractivity contribution in [1.29, 1.82) is 0 Å². The summed E-state index contributed by atoms with van der Waals surface area (Å²) in [6.45, 7) is 6.31. The van der Waals surface area contributed by atoms with Gasteiger partial charge in [-0.2, -0.15) is 0 Å². The number of hydrogen-bond donors (Lipinski definition) is 1. The van der Waals surface area contributed by atoms with Crippen LogP contribution in [-0.4, -0.2) is 23.0 Å². The summed E-state index contributed by atoms with van der Waals surface area (Å²) >= 11 is 0. The molecule has 0 spiro atoms. The first-order chi connectivity index (χ1) is 7.85. The number of carboxylic acids is 1. The minimum Gasteiger partial charge on any atom is -0.481 e. The summed E-state index contributed by atoms with van der Waals surface area (Å²) in [6.07, 6.45) is 0.991. The van der Waals surface area contributed by atoms with Gasteiger partial charge >= 0.3 is 17.9 Å². The third-order valence-electron chi connectivity index (χ3n) is 3.28. The molecule has 0 aliphatic heterocycles. The van der Waals surface area contributed by atoms with Crippen molar-refractivity contribution in [3.63, 3.8) is 0 Å². The van der Waals surface area contributed by atoms with Crippen LogP contribution in [0.1, 0.15) is 47.0 Å². The molecule has 17 heavy (non-hydrogen) atoms. The summed E-state index contributed by atoms with van der Waals surface area (Å²) in [4.78, 5) is 34.0. The van der Waals surface area contributed by atoms with Gasteiger partial charge in [0, 0.05) is 6.92 Å². The Bertz CT molecular complexity index is 304. The first kappa shape index (κ1) is 15.6. The zero-order chi connectivity index (χ0) is 13.6. The molecule has 0 bridgehead atoms.